The van der Waals surface area contributed by atoms with E-state index in [0.717, 1.165) is 22.3 Å². The van der Waals surface area contributed by atoms with E-state index in [1.165, 1.54) is 11.8 Å². The highest BCUT2D eigenvalue weighted by molar-refractivity contribution is 8.00. The van der Waals surface area contributed by atoms with Gasteiger partial charge in [-0.2, -0.15) is 8.42 Å². The molecule has 10 heteroatoms. The SMILES string of the molecule is CS(=O)(=O)OC1=C(C(=O)OC(c2ccccc2)c2ccccc2)N2C(=O)C(N)[C@@H]2SC1. The number of ether oxygens (including phenoxy) is 1. The van der Waals surface area contributed by atoms with Crippen LogP contribution in [0, 0.1) is 0 Å². The van der Waals surface area contributed by atoms with Gasteiger partial charge in [-0.3, -0.25) is 9.69 Å². The third kappa shape index (κ3) is 4.32. The van der Waals surface area contributed by atoms with Gasteiger partial charge in [-0.1, -0.05) is 60.7 Å². The number of hydrogen-bond donors (Lipinski definition) is 1. The summed E-state index contributed by atoms with van der Waals surface area (Å²) in [6.07, 6.45) is 0.111. The van der Waals surface area contributed by atoms with Gasteiger partial charge in [0.25, 0.3) is 0 Å². The molecular formula is C21H20N2O6S2. The van der Waals surface area contributed by atoms with Gasteiger partial charge in [0.05, 0.1) is 12.0 Å². The van der Waals surface area contributed by atoms with Crippen molar-refractivity contribution in [2.45, 2.75) is 17.5 Å². The van der Waals surface area contributed by atoms with Gasteiger partial charge in [0.2, 0.25) is 5.91 Å². The number of nitrogens with zero attached hydrogens (tertiary/aromatic N) is 1. The van der Waals surface area contributed by atoms with Crippen molar-refractivity contribution in [1.82, 2.24) is 4.90 Å². The predicted octanol–water partition coefficient (Wildman–Crippen LogP) is 1.75. The highest BCUT2D eigenvalue weighted by Crippen LogP contribution is 2.41. The molecule has 0 saturated carbocycles. The molecule has 2 aromatic rings. The number of β-lactam (4-membered cyclic amide) rings is 1. The minimum absolute atomic E-state index is 0.0704. The van der Waals surface area contributed by atoms with Crippen LogP contribution in [-0.2, 0) is 28.6 Å². The topological polar surface area (TPSA) is 116 Å². The molecule has 2 aliphatic heterocycles. The summed E-state index contributed by atoms with van der Waals surface area (Å²) in [4.78, 5) is 26.8. The third-order valence-corrected chi connectivity index (χ3v) is 6.63. The Morgan fingerprint density at radius 1 is 1.10 bits per heavy atom. The summed E-state index contributed by atoms with van der Waals surface area (Å²) in [5.74, 6) is -1.42. The normalized spacial score (nSPS) is 20.9. The lowest BCUT2D eigenvalue weighted by molar-refractivity contribution is -0.153. The molecule has 31 heavy (non-hydrogen) atoms. The summed E-state index contributed by atoms with van der Waals surface area (Å²) in [5.41, 5.74) is 7.07. The van der Waals surface area contributed by atoms with Crippen LogP contribution >= 0.6 is 11.8 Å². The molecule has 8 nitrogen and oxygen atoms in total. The summed E-state index contributed by atoms with van der Waals surface area (Å²) in [5, 5.41) is -0.478. The summed E-state index contributed by atoms with van der Waals surface area (Å²) < 4.78 is 34.3. The maximum Gasteiger partial charge on any atom is 0.359 e. The molecule has 0 radical (unpaired) electrons. The Kier molecular flexibility index (Phi) is 5.78. The maximum atomic E-state index is 13.3. The molecule has 4 rings (SSSR count). The van der Waals surface area contributed by atoms with Crippen molar-refractivity contribution in [2.24, 2.45) is 5.73 Å². The van der Waals surface area contributed by atoms with Crippen molar-refractivity contribution in [3.63, 3.8) is 0 Å². The van der Waals surface area contributed by atoms with E-state index in [0.29, 0.717) is 0 Å². The zero-order chi connectivity index (χ0) is 22.2. The summed E-state index contributed by atoms with van der Waals surface area (Å²) in [6.45, 7) is 0. The van der Waals surface area contributed by atoms with Gasteiger partial charge in [0, 0.05) is 0 Å². The zero-order valence-electron chi connectivity index (χ0n) is 16.5. The van der Waals surface area contributed by atoms with E-state index in [2.05, 4.69) is 0 Å². The smallest absolute Gasteiger partial charge is 0.359 e. The standard InChI is InChI=1S/C21H20N2O6S2/c1-31(26,27)29-15-12-30-20-16(22)19(24)23(20)17(15)21(25)28-18(13-8-4-2-5-9-13)14-10-6-3-7-11-14/h2-11,16,18,20H,12,22H2,1H3/t16?,20-/m0/s1. The van der Waals surface area contributed by atoms with Crippen molar-refractivity contribution < 1.29 is 26.9 Å². The molecule has 2 aliphatic rings. The number of esters is 1. The average Bonchev–Trinajstić information content (AvgIpc) is 2.76. The second kappa shape index (κ2) is 8.37. The third-order valence-electron chi connectivity index (χ3n) is 4.85. The summed E-state index contributed by atoms with van der Waals surface area (Å²) in [6, 6.07) is 17.5. The van der Waals surface area contributed by atoms with Crippen molar-refractivity contribution >= 4 is 33.8 Å². The number of amides is 1. The second-order valence-corrected chi connectivity index (χ2v) is 9.78. The van der Waals surface area contributed by atoms with Crippen molar-refractivity contribution in [3.05, 3.63) is 83.2 Å². The molecule has 1 amide bonds. The molecule has 1 saturated heterocycles. The van der Waals surface area contributed by atoms with Gasteiger partial charge >= 0.3 is 16.1 Å². The fourth-order valence-corrected chi connectivity index (χ4v) is 5.25. The van der Waals surface area contributed by atoms with Crippen molar-refractivity contribution in [3.8, 4) is 0 Å². The molecule has 2 N–H and O–H groups in total. The van der Waals surface area contributed by atoms with Crippen molar-refractivity contribution in [2.75, 3.05) is 12.0 Å². The highest BCUT2D eigenvalue weighted by Gasteiger charge is 2.53. The van der Waals surface area contributed by atoms with Gasteiger partial charge in [-0.05, 0) is 11.1 Å². The molecular weight excluding hydrogens is 440 g/mol. The molecule has 1 fully saturated rings. The quantitative estimate of drug-likeness (QED) is 0.394. The van der Waals surface area contributed by atoms with Crippen molar-refractivity contribution in [1.29, 1.82) is 0 Å². The van der Waals surface area contributed by atoms with E-state index >= 15 is 0 Å². The molecule has 0 bridgehead atoms. The lowest BCUT2D eigenvalue weighted by atomic mass is 10.0. The fourth-order valence-electron chi connectivity index (χ4n) is 3.47. The van der Waals surface area contributed by atoms with Crippen LogP contribution in [-0.4, -0.2) is 48.6 Å². The molecule has 2 heterocycles. The first-order valence-corrected chi connectivity index (χ1v) is 12.3. The van der Waals surface area contributed by atoms with E-state index in [-0.39, 0.29) is 17.2 Å². The second-order valence-electron chi connectivity index (χ2n) is 7.10. The Hall–Kier alpha value is -2.82. The van der Waals surface area contributed by atoms with Gasteiger partial charge < -0.3 is 14.7 Å². The van der Waals surface area contributed by atoms with E-state index in [4.69, 9.17) is 14.7 Å². The monoisotopic (exact) mass is 460 g/mol. The number of carbonyl (C=O) groups is 2. The molecule has 1 unspecified atom stereocenters. The number of rotatable bonds is 6. The number of nitrogens with two attached hydrogens (primary N) is 1. The molecule has 0 aromatic heterocycles. The Labute approximate surface area is 184 Å². The number of hydrogen-bond acceptors (Lipinski definition) is 8. The molecule has 162 valence electrons. The van der Waals surface area contributed by atoms with E-state index in [1.54, 1.807) is 0 Å². The van der Waals surface area contributed by atoms with E-state index < -0.39 is 39.5 Å². The van der Waals surface area contributed by atoms with Crippen LogP contribution in [0.5, 0.6) is 0 Å². The minimum Gasteiger partial charge on any atom is -0.448 e. The number of fused-ring (bicyclic) bond motifs is 1. The lowest BCUT2D eigenvalue weighted by Gasteiger charge is -2.47. The van der Waals surface area contributed by atoms with E-state index in [9.17, 15) is 18.0 Å². The molecule has 0 spiro atoms. The number of carbonyl (C=O) groups excluding carboxylic acids is 2. The van der Waals surface area contributed by atoms with E-state index in [1.807, 2.05) is 60.7 Å². The summed E-state index contributed by atoms with van der Waals surface area (Å²) in [7, 11) is -3.92. The fraction of sp³-hybridized carbons (Fsp3) is 0.238. The largest absolute Gasteiger partial charge is 0.448 e. The highest BCUT2D eigenvalue weighted by atomic mass is 32.2. The molecule has 0 aliphatic carbocycles. The van der Waals surface area contributed by atoms with Crippen LogP contribution in [0.4, 0.5) is 0 Å². The van der Waals surface area contributed by atoms with Gasteiger partial charge in [-0.25, -0.2) is 4.79 Å². The predicted molar refractivity (Wildman–Crippen MR) is 115 cm³/mol. The number of thioether (sulfide) groups is 1. The van der Waals surface area contributed by atoms with Crippen LogP contribution < -0.4 is 5.73 Å². The van der Waals surface area contributed by atoms with Gasteiger partial charge in [0.1, 0.15) is 11.4 Å². The summed E-state index contributed by atoms with van der Waals surface area (Å²) >= 11 is 1.23. The first kappa shape index (κ1) is 21.4. The first-order chi connectivity index (χ1) is 14.8. The lowest BCUT2D eigenvalue weighted by Crippen LogP contribution is -2.68. The first-order valence-electron chi connectivity index (χ1n) is 9.40. The van der Waals surface area contributed by atoms with Gasteiger partial charge in [0.15, 0.2) is 17.6 Å². The Balaban J connectivity index is 1.72. The minimum atomic E-state index is -3.92. The Morgan fingerprint density at radius 2 is 1.65 bits per heavy atom. The Bertz CT molecular complexity index is 1100. The maximum absolute atomic E-state index is 13.3. The number of benzene rings is 2. The zero-order valence-corrected chi connectivity index (χ0v) is 18.1. The molecule has 2 aromatic carbocycles. The van der Waals surface area contributed by atoms with Gasteiger partial charge in [-0.15, -0.1) is 11.8 Å². The van der Waals surface area contributed by atoms with Crippen LogP contribution in [0.2, 0.25) is 0 Å². The molecule has 2 atom stereocenters. The average molecular weight is 461 g/mol. The van der Waals surface area contributed by atoms with Crippen LogP contribution in [0.25, 0.3) is 0 Å². The van der Waals surface area contributed by atoms with Crippen LogP contribution in [0.1, 0.15) is 17.2 Å². The Morgan fingerprint density at radius 3 is 2.16 bits per heavy atom. The van der Waals surface area contributed by atoms with Crippen LogP contribution in [0.15, 0.2) is 72.1 Å². The van der Waals surface area contributed by atoms with Crippen LogP contribution in [0.3, 0.4) is 0 Å².